The Morgan fingerprint density at radius 2 is 2.04 bits per heavy atom. The Labute approximate surface area is 149 Å². The molecule has 0 unspecified atom stereocenters. The van der Waals surface area contributed by atoms with E-state index in [1.54, 1.807) is 0 Å². The van der Waals surface area contributed by atoms with Gasteiger partial charge in [-0.05, 0) is 30.4 Å². The number of Topliss-reactive ketones (excluding diaryl/α,β-unsaturated/α-hetero) is 1. The molecule has 3 atom stereocenters. The van der Waals surface area contributed by atoms with E-state index in [0.717, 1.165) is 36.9 Å². The second-order valence-corrected chi connectivity index (χ2v) is 7.11. The minimum atomic E-state index is -0.321. The highest BCUT2D eigenvalue weighted by molar-refractivity contribution is 6.00. The van der Waals surface area contributed by atoms with Crippen LogP contribution in [0.4, 0.5) is 0 Å². The summed E-state index contributed by atoms with van der Waals surface area (Å²) in [5.74, 6) is 0.354. The van der Waals surface area contributed by atoms with E-state index in [9.17, 15) is 9.59 Å². The Morgan fingerprint density at radius 3 is 2.68 bits per heavy atom. The summed E-state index contributed by atoms with van der Waals surface area (Å²) in [6, 6.07) is 9.67. The standard InChI is InChI=1S/C21H27NO3/c1-3-4-10-16-12-17-13-22(14-18(17)20(16)23)19(21(24)25-2)11-15-8-6-5-7-9-15/h5-9,12,17-19H,3-4,10-11,13-14H2,1-2H3/t17-,18+,19+/m1/s1. The van der Waals surface area contributed by atoms with Gasteiger partial charge < -0.3 is 4.74 Å². The van der Waals surface area contributed by atoms with Crippen LogP contribution in [0.3, 0.4) is 0 Å². The molecule has 2 aliphatic rings. The summed E-state index contributed by atoms with van der Waals surface area (Å²) in [6.45, 7) is 3.56. The first-order chi connectivity index (χ1) is 12.1. The highest BCUT2D eigenvalue weighted by Crippen LogP contribution is 2.37. The first-order valence-electron chi connectivity index (χ1n) is 9.24. The molecular formula is C21H27NO3. The maximum atomic E-state index is 12.6. The summed E-state index contributed by atoms with van der Waals surface area (Å²) in [5, 5.41) is 0. The van der Waals surface area contributed by atoms with Gasteiger partial charge in [0.2, 0.25) is 0 Å². The lowest BCUT2D eigenvalue weighted by atomic mass is 9.97. The fourth-order valence-corrected chi connectivity index (χ4v) is 4.05. The normalized spacial score (nSPS) is 24.1. The molecule has 1 aromatic carbocycles. The van der Waals surface area contributed by atoms with Gasteiger partial charge in [0.25, 0.3) is 0 Å². The Balaban J connectivity index is 1.71. The van der Waals surface area contributed by atoms with E-state index in [-0.39, 0.29) is 23.8 Å². The summed E-state index contributed by atoms with van der Waals surface area (Å²) in [5.41, 5.74) is 2.12. The number of ether oxygens (including phenoxy) is 1. The molecule has 1 aromatic rings. The molecule has 1 heterocycles. The number of fused-ring (bicyclic) bond motifs is 1. The summed E-state index contributed by atoms with van der Waals surface area (Å²) < 4.78 is 5.04. The quantitative estimate of drug-likeness (QED) is 0.715. The number of nitrogens with zero attached hydrogens (tertiary/aromatic N) is 1. The number of carbonyl (C=O) groups excluding carboxylic acids is 2. The Kier molecular flexibility index (Phi) is 5.69. The molecule has 3 rings (SSSR count). The number of methoxy groups -OCH3 is 1. The molecular weight excluding hydrogens is 314 g/mol. The number of ketones is 1. The van der Waals surface area contributed by atoms with Crippen molar-refractivity contribution < 1.29 is 14.3 Å². The number of carbonyl (C=O) groups is 2. The number of unbranched alkanes of at least 4 members (excludes halogenated alkanes) is 1. The largest absolute Gasteiger partial charge is 0.468 e. The van der Waals surface area contributed by atoms with Crippen LogP contribution in [0.1, 0.15) is 31.7 Å². The zero-order valence-corrected chi connectivity index (χ0v) is 15.1. The second-order valence-electron chi connectivity index (χ2n) is 7.11. The third kappa shape index (κ3) is 3.84. The van der Waals surface area contributed by atoms with Crippen LogP contribution in [0.15, 0.2) is 42.0 Å². The van der Waals surface area contributed by atoms with Crippen molar-refractivity contribution in [1.82, 2.24) is 4.90 Å². The lowest BCUT2D eigenvalue weighted by Crippen LogP contribution is -2.42. The Hall–Kier alpha value is -1.94. The molecule has 0 bridgehead atoms. The van der Waals surface area contributed by atoms with Gasteiger partial charge in [-0.15, -0.1) is 0 Å². The molecule has 0 spiro atoms. The minimum absolute atomic E-state index is 0.0229. The minimum Gasteiger partial charge on any atom is -0.468 e. The maximum absolute atomic E-state index is 12.6. The number of hydrogen-bond donors (Lipinski definition) is 0. The van der Waals surface area contributed by atoms with Crippen LogP contribution in [-0.4, -0.2) is 42.9 Å². The molecule has 4 heteroatoms. The van der Waals surface area contributed by atoms with Crippen LogP contribution in [0.25, 0.3) is 0 Å². The van der Waals surface area contributed by atoms with Crippen LogP contribution in [0, 0.1) is 11.8 Å². The van der Waals surface area contributed by atoms with E-state index in [2.05, 4.69) is 17.9 Å². The van der Waals surface area contributed by atoms with Gasteiger partial charge in [-0.25, -0.2) is 0 Å². The number of likely N-dealkylation sites (tertiary alicyclic amines) is 1. The molecule has 0 amide bonds. The SMILES string of the molecule is CCCCC1=C[C@@H]2CN([C@@H](Cc3ccccc3)C(=O)OC)C[C@@H]2C1=O. The van der Waals surface area contributed by atoms with Gasteiger partial charge in [0, 0.05) is 24.9 Å². The fourth-order valence-electron chi connectivity index (χ4n) is 4.05. The summed E-state index contributed by atoms with van der Waals surface area (Å²) in [4.78, 5) is 27.1. The molecule has 0 aromatic heterocycles. The van der Waals surface area contributed by atoms with Crippen LogP contribution in [-0.2, 0) is 20.7 Å². The summed E-state index contributed by atoms with van der Waals surface area (Å²) >= 11 is 0. The molecule has 1 saturated heterocycles. The number of hydrogen-bond acceptors (Lipinski definition) is 4. The third-order valence-electron chi connectivity index (χ3n) is 5.45. The highest BCUT2D eigenvalue weighted by atomic mass is 16.5. The molecule has 134 valence electrons. The van der Waals surface area contributed by atoms with E-state index >= 15 is 0 Å². The molecule has 0 saturated carbocycles. The van der Waals surface area contributed by atoms with Crippen molar-refractivity contribution in [3.05, 3.63) is 47.5 Å². The number of benzene rings is 1. The van der Waals surface area contributed by atoms with Gasteiger partial charge in [0.05, 0.1) is 7.11 Å². The van der Waals surface area contributed by atoms with Crippen LogP contribution >= 0.6 is 0 Å². The fraction of sp³-hybridized carbons (Fsp3) is 0.524. The predicted molar refractivity (Wildman–Crippen MR) is 97.1 cm³/mol. The molecule has 1 aliphatic heterocycles. The topological polar surface area (TPSA) is 46.6 Å². The summed E-state index contributed by atoms with van der Waals surface area (Å²) in [6.07, 6.45) is 5.85. The van der Waals surface area contributed by atoms with Crippen molar-refractivity contribution >= 4 is 11.8 Å². The predicted octanol–water partition coefficient (Wildman–Crippen LogP) is 3.02. The zero-order valence-electron chi connectivity index (χ0n) is 15.1. The maximum Gasteiger partial charge on any atom is 0.323 e. The van der Waals surface area contributed by atoms with Crippen LogP contribution < -0.4 is 0 Å². The lowest BCUT2D eigenvalue weighted by Gasteiger charge is -2.26. The van der Waals surface area contributed by atoms with E-state index < -0.39 is 0 Å². The zero-order chi connectivity index (χ0) is 17.8. The first kappa shape index (κ1) is 17.9. The van der Waals surface area contributed by atoms with Crippen LogP contribution in [0.5, 0.6) is 0 Å². The molecule has 1 aliphatic carbocycles. The highest BCUT2D eigenvalue weighted by Gasteiger charge is 2.45. The third-order valence-corrected chi connectivity index (χ3v) is 5.45. The first-order valence-corrected chi connectivity index (χ1v) is 9.24. The Bertz CT molecular complexity index is 652. The van der Waals surface area contributed by atoms with E-state index in [0.29, 0.717) is 18.7 Å². The average Bonchev–Trinajstić information content (AvgIpc) is 3.17. The van der Waals surface area contributed by atoms with Crippen molar-refractivity contribution in [3.63, 3.8) is 0 Å². The average molecular weight is 341 g/mol. The van der Waals surface area contributed by atoms with Crippen molar-refractivity contribution in [1.29, 1.82) is 0 Å². The number of esters is 1. The van der Waals surface area contributed by atoms with Crippen molar-refractivity contribution in [3.8, 4) is 0 Å². The van der Waals surface area contributed by atoms with Crippen molar-refractivity contribution in [2.24, 2.45) is 11.8 Å². The van der Waals surface area contributed by atoms with Gasteiger partial charge in [0.1, 0.15) is 6.04 Å². The van der Waals surface area contributed by atoms with E-state index in [1.807, 2.05) is 30.3 Å². The van der Waals surface area contributed by atoms with Gasteiger partial charge in [-0.3, -0.25) is 14.5 Å². The van der Waals surface area contributed by atoms with Crippen molar-refractivity contribution in [2.75, 3.05) is 20.2 Å². The number of allylic oxidation sites excluding steroid dienone is 1. The van der Waals surface area contributed by atoms with Crippen LogP contribution in [0.2, 0.25) is 0 Å². The second kappa shape index (κ2) is 7.96. The summed E-state index contributed by atoms with van der Waals surface area (Å²) in [7, 11) is 1.44. The smallest absolute Gasteiger partial charge is 0.323 e. The molecule has 25 heavy (non-hydrogen) atoms. The van der Waals surface area contributed by atoms with Gasteiger partial charge >= 0.3 is 5.97 Å². The molecule has 0 N–H and O–H groups in total. The van der Waals surface area contributed by atoms with Crippen molar-refractivity contribution in [2.45, 2.75) is 38.6 Å². The van der Waals surface area contributed by atoms with Gasteiger partial charge in [-0.2, -0.15) is 0 Å². The molecule has 4 nitrogen and oxygen atoms in total. The lowest BCUT2D eigenvalue weighted by molar-refractivity contribution is -0.146. The molecule has 1 fully saturated rings. The molecule has 0 radical (unpaired) electrons. The number of rotatable bonds is 7. The van der Waals surface area contributed by atoms with E-state index in [4.69, 9.17) is 4.74 Å². The van der Waals surface area contributed by atoms with E-state index in [1.165, 1.54) is 7.11 Å². The monoisotopic (exact) mass is 341 g/mol. The Morgan fingerprint density at radius 1 is 1.28 bits per heavy atom. The van der Waals surface area contributed by atoms with Gasteiger partial charge in [0.15, 0.2) is 5.78 Å². The van der Waals surface area contributed by atoms with Gasteiger partial charge in [-0.1, -0.05) is 49.8 Å².